The van der Waals surface area contributed by atoms with Gasteiger partial charge in [0.25, 0.3) is 0 Å². The number of esters is 1. The summed E-state index contributed by atoms with van der Waals surface area (Å²) in [5.41, 5.74) is 6.12. The minimum absolute atomic E-state index is 0.259. The lowest BCUT2D eigenvalue weighted by atomic mass is 10.3. The second-order valence-corrected chi connectivity index (χ2v) is 3.17. The van der Waals surface area contributed by atoms with Gasteiger partial charge >= 0.3 is 5.97 Å². The van der Waals surface area contributed by atoms with E-state index in [1.165, 1.54) is 7.11 Å². The smallest absolute Gasteiger partial charge is 0.311 e. The van der Waals surface area contributed by atoms with Crippen LogP contribution in [-0.4, -0.2) is 13.1 Å². The molecule has 0 amide bonds. The maximum Gasteiger partial charge on any atom is 0.311 e. The summed E-state index contributed by atoms with van der Waals surface area (Å²) in [6, 6.07) is 4.89. The molecule has 0 aliphatic rings. The van der Waals surface area contributed by atoms with Gasteiger partial charge in [-0.25, -0.2) is 0 Å². The average molecular weight is 209 g/mol. The van der Waals surface area contributed by atoms with Crippen LogP contribution in [0.5, 0.6) is 11.5 Å². The number of hydrogen-bond donors (Lipinski definition) is 1. The molecule has 4 heteroatoms. The molecule has 1 aromatic rings. The Morgan fingerprint density at radius 3 is 2.60 bits per heavy atom. The van der Waals surface area contributed by atoms with Gasteiger partial charge in [-0.2, -0.15) is 0 Å². The number of carbonyl (C=O) groups excluding carboxylic acids is 1. The highest BCUT2D eigenvalue weighted by atomic mass is 16.5. The average Bonchev–Trinajstić information content (AvgIpc) is 2.17. The van der Waals surface area contributed by atoms with Crippen LogP contribution in [0, 0.1) is 0 Å². The number of anilines is 1. The third-order valence-corrected chi connectivity index (χ3v) is 1.82. The Balaban J connectivity index is 2.76. The maximum atomic E-state index is 11.2. The van der Waals surface area contributed by atoms with Crippen molar-refractivity contribution in [3.63, 3.8) is 0 Å². The molecule has 0 saturated carbocycles. The molecule has 4 nitrogen and oxygen atoms in total. The van der Waals surface area contributed by atoms with Crippen molar-refractivity contribution in [3.05, 3.63) is 18.2 Å². The van der Waals surface area contributed by atoms with Crippen molar-refractivity contribution < 1.29 is 14.3 Å². The fourth-order valence-electron chi connectivity index (χ4n) is 1.16. The van der Waals surface area contributed by atoms with Crippen LogP contribution >= 0.6 is 0 Å². The van der Waals surface area contributed by atoms with E-state index in [4.69, 9.17) is 15.2 Å². The molecule has 0 aliphatic heterocycles. The van der Waals surface area contributed by atoms with E-state index in [2.05, 4.69) is 0 Å². The molecular weight excluding hydrogens is 194 g/mol. The number of rotatable bonds is 4. The lowest BCUT2D eigenvalue weighted by Crippen LogP contribution is -2.07. The van der Waals surface area contributed by atoms with E-state index in [9.17, 15) is 4.79 Å². The molecule has 0 heterocycles. The summed E-state index contributed by atoms with van der Waals surface area (Å²) < 4.78 is 10.1. The fourth-order valence-corrected chi connectivity index (χ4v) is 1.16. The molecule has 0 spiro atoms. The van der Waals surface area contributed by atoms with Crippen LogP contribution in [0.2, 0.25) is 0 Å². The van der Waals surface area contributed by atoms with Gasteiger partial charge in [0.15, 0.2) is 0 Å². The van der Waals surface area contributed by atoms with Gasteiger partial charge in [0.2, 0.25) is 0 Å². The van der Waals surface area contributed by atoms with Crippen molar-refractivity contribution in [3.8, 4) is 11.5 Å². The van der Waals surface area contributed by atoms with E-state index >= 15 is 0 Å². The summed E-state index contributed by atoms with van der Waals surface area (Å²) in [6.45, 7) is 1.92. The van der Waals surface area contributed by atoms with Crippen molar-refractivity contribution in [1.29, 1.82) is 0 Å². The first kappa shape index (κ1) is 11.4. The zero-order valence-corrected chi connectivity index (χ0v) is 8.95. The SMILES string of the molecule is CCCC(=O)Oc1cc(N)cc(OC)c1. The first-order valence-electron chi connectivity index (χ1n) is 4.81. The van der Waals surface area contributed by atoms with Gasteiger partial charge in [-0.3, -0.25) is 4.79 Å². The Bertz CT molecular complexity index is 350. The molecule has 0 bridgehead atoms. The molecule has 0 atom stereocenters. The van der Waals surface area contributed by atoms with Crippen LogP contribution in [0.25, 0.3) is 0 Å². The second kappa shape index (κ2) is 5.24. The molecule has 1 rings (SSSR count). The summed E-state index contributed by atoms with van der Waals surface area (Å²) in [5.74, 6) is 0.741. The number of benzene rings is 1. The molecule has 15 heavy (non-hydrogen) atoms. The van der Waals surface area contributed by atoms with E-state index < -0.39 is 0 Å². The highest BCUT2D eigenvalue weighted by molar-refractivity contribution is 5.72. The fraction of sp³-hybridized carbons (Fsp3) is 0.364. The molecule has 0 unspecified atom stereocenters. The van der Waals surface area contributed by atoms with E-state index in [0.29, 0.717) is 23.6 Å². The van der Waals surface area contributed by atoms with Crippen molar-refractivity contribution in [2.45, 2.75) is 19.8 Å². The van der Waals surface area contributed by atoms with Gasteiger partial charge in [-0.1, -0.05) is 6.92 Å². The number of carbonyl (C=O) groups is 1. The number of methoxy groups -OCH3 is 1. The molecule has 0 fully saturated rings. The molecular formula is C11H15NO3. The Morgan fingerprint density at radius 1 is 1.33 bits per heavy atom. The summed E-state index contributed by atoms with van der Waals surface area (Å²) in [5, 5.41) is 0. The Hall–Kier alpha value is -1.71. The Labute approximate surface area is 89.0 Å². The first-order chi connectivity index (χ1) is 7.15. The third-order valence-electron chi connectivity index (χ3n) is 1.82. The van der Waals surface area contributed by atoms with Crippen LogP contribution in [0.3, 0.4) is 0 Å². The number of hydrogen-bond acceptors (Lipinski definition) is 4. The Morgan fingerprint density at radius 2 is 2.00 bits per heavy atom. The highest BCUT2D eigenvalue weighted by Crippen LogP contribution is 2.24. The predicted molar refractivity (Wildman–Crippen MR) is 57.9 cm³/mol. The van der Waals surface area contributed by atoms with Gasteiger partial charge in [-0.05, 0) is 6.42 Å². The topological polar surface area (TPSA) is 61.5 Å². The molecule has 0 aliphatic carbocycles. The summed E-state index contributed by atoms with van der Waals surface area (Å²) in [4.78, 5) is 11.2. The van der Waals surface area contributed by atoms with E-state index in [0.717, 1.165) is 6.42 Å². The predicted octanol–water partition coefficient (Wildman–Crippen LogP) is 1.98. The zero-order chi connectivity index (χ0) is 11.3. The van der Waals surface area contributed by atoms with E-state index in [1.807, 2.05) is 6.92 Å². The maximum absolute atomic E-state index is 11.2. The van der Waals surface area contributed by atoms with Gasteiger partial charge < -0.3 is 15.2 Å². The Kier molecular flexibility index (Phi) is 3.97. The zero-order valence-electron chi connectivity index (χ0n) is 8.95. The van der Waals surface area contributed by atoms with Crippen molar-refractivity contribution in [2.75, 3.05) is 12.8 Å². The van der Waals surface area contributed by atoms with Crippen LogP contribution in [0.15, 0.2) is 18.2 Å². The number of ether oxygens (including phenoxy) is 2. The van der Waals surface area contributed by atoms with Gasteiger partial charge in [0.05, 0.1) is 7.11 Å². The number of nitrogens with two attached hydrogens (primary N) is 1. The largest absolute Gasteiger partial charge is 0.497 e. The molecule has 1 aromatic carbocycles. The summed E-state index contributed by atoms with van der Waals surface area (Å²) in [6.07, 6.45) is 1.16. The van der Waals surface area contributed by atoms with E-state index in [-0.39, 0.29) is 5.97 Å². The third kappa shape index (κ3) is 3.50. The molecule has 82 valence electrons. The minimum Gasteiger partial charge on any atom is -0.497 e. The van der Waals surface area contributed by atoms with Crippen LogP contribution < -0.4 is 15.2 Å². The van der Waals surface area contributed by atoms with Crippen molar-refractivity contribution in [2.24, 2.45) is 0 Å². The summed E-state index contributed by atoms with van der Waals surface area (Å²) >= 11 is 0. The van der Waals surface area contributed by atoms with Crippen LogP contribution in [0.4, 0.5) is 5.69 Å². The van der Waals surface area contributed by atoms with Crippen LogP contribution in [-0.2, 0) is 4.79 Å². The number of nitrogen functional groups attached to an aromatic ring is 1. The highest BCUT2D eigenvalue weighted by Gasteiger charge is 2.05. The summed E-state index contributed by atoms with van der Waals surface area (Å²) in [7, 11) is 1.53. The van der Waals surface area contributed by atoms with Gasteiger partial charge in [-0.15, -0.1) is 0 Å². The second-order valence-electron chi connectivity index (χ2n) is 3.17. The lowest BCUT2D eigenvalue weighted by molar-refractivity contribution is -0.134. The minimum atomic E-state index is -0.259. The van der Waals surface area contributed by atoms with Gasteiger partial charge in [0.1, 0.15) is 11.5 Å². The first-order valence-corrected chi connectivity index (χ1v) is 4.81. The monoisotopic (exact) mass is 209 g/mol. The van der Waals surface area contributed by atoms with Crippen molar-refractivity contribution >= 4 is 11.7 Å². The normalized spacial score (nSPS) is 9.73. The molecule has 0 aromatic heterocycles. The molecule has 2 N–H and O–H groups in total. The van der Waals surface area contributed by atoms with Crippen molar-refractivity contribution in [1.82, 2.24) is 0 Å². The lowest BCUT2D eigenvalue weighted by Gasteiger charge is -2.06. The molecule has 0 radical (unpaired) electrons. The van der Waals surface area contributed by atoms with Crippen LogP contribution in [0.1, 0.15) is 19.8 Å². The van der Waals surface area contributed by atoms with Gasteiger partial charge in [0, 0.05) is 30.3 Å². The van der Waals surface area contributed by atoms with E-state index in [1.54, 1.807) is 18.2 Å². The quantitative estimate of drug-likeness (QED) is 0.468. The standard InChI is InChI=1S/C11H15NO3/c1-3-4-11(13)15-10-6-8(12)5-9(7-10)14-2/h5-7H,3-4,12H2,1-2H3. The molecule has 0 saturated heterocycles.